The van der Waals surface area contributed by atoms with E-state index in [4.69, 9.17) is 5.11 Å². The van der Waals surface area contributed by atoms with E-state index < -0.39 is 56.1 Å². The van der Waals surface area contributed by atoms with E-state index in [1.807, 2.05) is 0 Å². The highest BCUT2D eigenvalue weighted by Crippen LogP contribution is 2.44. The van der Waals surface area contributed by atoms with Crippen LogP contribution in [-0.2, 0) is 4.74 Å². The van der Waals surface area contributed by atoms with Crippen molar-refractivity contribution in [1.29, 1.82) is 0 Å². The largest absolute Gasteiger partial charge is 0.453 e. The van der Waals surface area contributed by atoms with E-state index >= 15 is 0 Å². The molecule has 0 aromatic carbocycles. The molecule has 0 rings (SSSR count). The average Bonchev–Trinajstić information content (AvgIpc) is 2.33. The number of unbranched alkanes of at least 4 members (excludes halogenated alkanes) is 3. The molecule has 146 valence electrons. The summed E-state index contributed by atoms with van der Waals surface area (Å²) < 4.78 is 137. The fourth-order valence-corrected chi connectivity index (χ4v) is 1.49. The van der Waals surface area contributed by atoms with Crippen molar-refractivity contribution < 1.29 is 58.1 Å². The molecule has 0 amide bonds. The predicted molar refractivity (Wildman–Crippen MR) is 57.1 cm³/mol. The van der Waals surface area contributed by atoms with Gasteiger partial charge >= 0.3 is 30.2 Å². The molecule has 0 radical (unpaired) electrons. The van der Waals surface area contributed by atoms with Crippen molar-refractivity contribution in [3.8, 4) is 0 Å². The first-order valence-corrected chi connectivity index (χ1v) is 6.40. The fraction of sp³-hybridized carbons (Fsp3) is 1.00. The minimum Gasteiger partial charge on any atom is -0.351 e. The van der Waals surface area contributed by atoms with Gasteiger partial charge in [0.2, 0.25) is 0 Å². The summed E-state index contributed by atoms with van der Waals surface area (Å²) in [5.74, 6) is -10.3. The molecule has 0 heterocycles. The van der Waals surface area contributed by atoms with Crippen LogP contribution in [0.2, 0.25) is 0 Å². The number of rotatable bonds is 8. The molecule has 0 unspecified atom stereocenters. The first kappa shape index (κ1) is 23.1. The Hall–Kier alpha value is -0.850. The molecule has 13 heteroatoms. The Morgan fingerprint density at radius 3 is 1.38 bits per heavy atom. The van der Waals surface area contributed by atoms with Crippen molar-refractivity contribution in [3.63, 3.8) is 0 Å². The quantitative estimate of drug-likeness (QED) is 0.363. The number of hydrogen-bond donors (Lipinski definition) is 1. The molecule has 0 aliphatic rings. The molecule has 0 aromatic heterocycles. The summed E-state index contributed by atoms with van der Waals surface area (Å²) in [7, 11) is 0. The Bertz CT molecular complexity index is 369. The van der Waals surface area contributed by atoms with Crippen molar-refractivity contribution in [2.24, 2.45) is 0 Å². The van der Waals surface area contributed by atoms with Gasteiger partial charge in [-0.15, -0.1) is 0 Å². The summed E-state index contributed by atoms with van der Waals surface area (Å²) in [6, 6.07) is 0. The van der Waals surface area contributed by atoms with Crippen LogP contribution in [0.3, 0.4) is 0 Å². The van der Waals surface area contributed by atoms with E-state index in [1.165, 1.54) is 0 Å². The second kappa shape index (κ2) is 7.58. The van der Waals surface area contributed by atoms with E-state index in [-0.39, 0.29) is 12.8 Å². The van der Waals surface area contributed by atoms with Crippen molar-refractivity contribution in [2.45, 2.75) is 62.3 Å². The number of ether oxygens (including phenoxy) is 1. The lowest BCUT2D eigenvalue weighted by atomic mass is 10.1. The van der Waals surface area contributed by atoms with Crippen molar-refractivity contribution in [3.05, 3.63) is 0 Å². The van der Waals surface area contributed by atoms with Crippen LogP contribution >= 0.6 is 0 Å². The Labute approximate surface area is 128 Å². The van der Waals surface area contributed by atoms with Crippen LogP contribution in [0, 0.1) is 0 Å². The highest BCUT2D eigenvalue weighted by atomic mass is 19.4. The lowest BCUT2D eigenvalue weighted by molar-refractivity contribution is -0.457. The zero-order chi connectivity index (χ0) is 19.4. The summed E-state index contributed by atoms with van der Waals surface area (Å²) in [6.45, 7) is -1.22. The van der Waals surface area contributed by atoms with E-state index in [2.05, 4.69) is 4.74 Å². The Morgan fingerprint density at radius 2 is 1.00 bits per heavy atom. The zero-order valence-electron chi connectivity index (χ0n) is 11.8. The first-order chi connectivity index (χ1) is 10.5. The van der Waals surface area contributed by atoms with Crippen LogP contribution in [0.4, 0.5) is 48.3 Å². The number of hydrogen-bond acceptors (Lipinski definition) is 2. The summed E-state index contributed by atoms with van der Waals surface area (Å²) in [6.07, 6.45) is -21.3. The summed E-state index contributed by atoms with van der Waals surface area (Å²) in [5, 5.41) is 8.59. The van der Waals surface area contributed by atoms with Crippen LogP contribution in [0.5, 0.6) is 0 Å². The van der Waals surface area contributed by atoms with Gasteiger partial charge < -0.3 is 9.84 Å². The number of alkyl halides is 11. The number of halogens is 11. The average molecular weight is 386 g/mol. The van der Waals surface area contributed by atoms with Crippen molar-refractivity contribution in [1.82, 2.24) is 0 Å². The second-order valence-corrected chi connectivity index (χ2v) is 4.85. The molecule has 0 atom stereocenters. The van der Waals surface area contributed by atoms with Gasteiger partial charge in [-0.3, -0.25) is 0 Å². The van der Waals surface area contributed by atoms with E-state index in [1.54, 1.807) is 0 Å². The zero-order valence-corrected chi connectivity index (χ0v) is 11.8. The topological polar surface area (TPSA) is 29.5 Å². The molecule has 1 N–H and O–H groups in total. The SMILES string of the molecule is OC(OCCCCCCC(F)(F)C(F)(F)F)(C(F)(F)F)C(F)(F)F. The lowest BCUT2D eigenvalue weighted by Crippen LogP contribution is -2.58. The normalized spacial score (nSPS) is 15.0. The molecule has 0 saturated carbocycles. The maximum Gasteiger partial charge on any atom is 0.453 e. The van der Waals surface area contributed by atoms with Gasteiger partial charge in [-0.2, -0.15) is 48.3 Å². The van der Waals surface area contributed by atoms with Crippen molar-refractivity contribution >= 4 is 0 Å². The predicted octanol–water partition coefficient (Wildman–Crippen LogP) is 4.96. The van der Waals surface area contributed by atoms with Crippen LogP contribution in [0.1, 0.15) is 32.1 Å². The lowest BCUT2D eigenvalue weighted by Gasteiger charge is -2.31. The monoisotopic (exact) mass is 386 g/mol. The third-order valence-electron chi connectivity index (χ3n) is 2.88. The standard InChI is InChI=1S/C11H13F11O2/c12-7(13,9(14,15)16)5-3-1-2-4-6-24-8(23,10(17,18)19)11(20,21)22/h23H,1-6H2. The Morgan fingerprint density at radius 1 is 0.583 bits per heavy atom. The molecule has 0 fully saturated rings. The highest BCUT2D eigenvalue weighted by molar-refractivity contribution is 4.84. The highest BCUT2D eigenvalue weighted by Gasteiger charge is 2.72. The minimum absolute atomic E-state index is 0.264. The molecule has 0 aromatic rings. The van der Waals surface area contributed by atoms with E-state index in [0.29, 0.717) is 0 Å². The summed E-state index contributed by atoms with van der Waals surface area (Å²) >= 11 is 0. The molecule has 0 aliphatic carbocycles. The van der Waals surface area contributed by atoms with Gasteiger partial charge in [-0.25, -0.2) is 0 Å². The maximum absolute atomic E-state index is 12.5. The van der Waals surface area contributed by atoms with Gasteiger partial charge in [0.25, 0.3) is 0 Å². The second-order valence-electron chi connectivity index (χ2n) is 4.85. The van der Waals surface area contributed by atoms with Crippen LogP contribution in [0.25, 0.3) is 0 Å². The van der Waals surface area contributed by atoms with E-state index in [9.17, 15) is 48.3 Å². The molecular weight excluding hydrogens is 373 g/mol. The minimum atomic E-state index is -6.15. The summed E-state index contributed by atoms with van der Waals surface area (Å²) in [4.78, 5) is 0. The Balaban J connectivity index is 4.23. The van der Waals surface area contributed by atoms with Gasteiger partial charge in [0.1, 0.15) is 0 Å². The van der Waals surface area contributed by atoms with Gasteiger partial charge in [0, 0.05) is 6.42 Å². The molecule has 2 nitrogen and oxygen atoms in total. The third kappa shape index (κ3) is 5.90. The van der Waals surface area contributed by atoms with Crippen LogP contribution in [0.15, 0.2) is 0 Å². The van der Waals surface area contributed by atoms with Crippen LogP contribution < -0.4 is 0 Å². The van der Waals surface area contributed by atoms with Gasteiger partial charge in [-0.05, 0) is 12.8 Å². The van der Waals surface area contributed by atoms with Crippen molar-refractivity contribution in [2.75, 3.05) is 6.61 Å². The summed E-state index contributed by atoms with van der Waals surface area (Å²) in [5.41, 5.74) is 0. The first-order valence-electron chi connectivity index (χ1n) is 6.40. The van der Waals surface area contributed by atoms with Gasteiger partial charge in [0.15, 0.2) is 0 Å². The maximum atomic E-state index is 12.5. The van der Waals surface area contributed by atoms with Gasteiger partial charge in [-0.1, -0.05) is 12.8 Å². The molecule has 24 heavy (non-hydrogen) atoms. The fourth-order valence-electron chi connectivity index (χ4n) is 1.49. The van der Waals surface area contributed by atoms with Crippen LogP contribution in [-0.4, -0.2) is 42.0 Å². The van der Waals surface area contributed by atoms with E-state index in [0.717, 1.165) is 0 Å². The molecule has 0 saturated heterocycles. The number of aliphatic hydroxyl groups is 1. The molecule has 0 bridgehead atoms. The molecule has 0 aliphatic heterocycles. The van der Waals surface area contributed by atoms with Gasteiger partial charge in [0.05, 0.1) is 6.61 Å². The molecular formula is C11H13F11O2. The Kier molecular flexibility index (Phi) is 7.31. The smallest absolute Gasteiger partial charge is 0.351 e. The molecule has 0 spiro atoms. The third-order valence-corrected chi connectivity index (χ3v) is 2.88.